The highest BCUT2D eigenvalue weighted by Gasteiger charge is 2.35. The van der Waals surface area contributed by atoms with E-state index in [0.29, 0.717) is 16.5 Å². The number of carboxylic acid groups (broad SMARTS) is 1. The van der Waals surface area contributed by atoms with E-state index < -0.39 is 17.8 Å². The molecule has 1 aliphatic rings. The van der Waals surface area contributed by atoms with Crippen LogP contribution >= 0.6 is 23.2 Å². The Hall–Kier alpha value is -3.55. The third kappa shape index (κ3) is 3.68. The lowest BCUT2D eigenvalue weighted by Crippen LogP contribution is -2.35. The zero-order valence-corrected chi connectivity index (χ0v) is 16.6. The van der Waals surface area contributed by atoms with E-state index in [0.717, 1.165) is 10.6 Å². The molecule has 150 valence electrons. The zero-order valence-electron chi connectivity index (χ0n) is 15.1. The zero-order chi connectivity index (χ0) is 21.4. The summed E-state index contributed by atoms with van der Waals surface area (Å²) in [5, 5.41) is 10.8. The summed E-state index contributed by atoms with van der Waals surface area (Å²) >= 11 is 11.7. The number of hydrogen-bond acceptors (Lipinski definition) is 4. The van der Waals surface area contributed by atoms with Crippen LogP contribution in [-0.4, -0.2) is 22.9 Å². The van der Waals surface area contributed by atoms with Gasteiger partial charge in [-0.05, 0) is 60.7 Å². The molecule has 2 N–H and O–H groups in total. The van der Waals surface area contributed by atoms with Crippen molar-refractivity contribution in [1.29, 1.82) is 0 Å². The highest BCUT2D eigenvalue weighted by molar-refractivity contribution is 6.34. The maximum absolute atomic E-state index is 12.7. The second kappa shape index (κ2) is 7.70. The summed E-state index contributed by atoms with van der Waals surface area (Å²) in [6, 6.07) is 14.3. The number of halogens is 2. The predicted molar refractivity (Wildman–Crippen MR) is 111 cm³/mol. The van der Waals surface area contributed by atoms with E-state index in [1.807, 2.05) is 0 Å². The van der Waals surface area contributed by atoms with Crippen molar-refractivity contribution in [3.05, 3.63) is 81.5 Å². The van der Waals surface area contributed by atoms with E-state index in [2.05, 4.69) is 5.43 Å². The maximum Gasteiger partial charge on any atom is 0.337 e. The Labute approximate surface area is 180 Å². The number of hydrazine groups is 1. The van der Waals surface area contributed by atoms with Crippen molar-refractivity contribution >= 4 is 52.7 Å². The van der Waals surface area contributed by atoms with Gasteiger partial charge in [-0.1, -0.05) is 23.2 Å². The molecular formula is C21H12Cl2N2O5. The minimum Gasteiger partial charge on any atom is -0.478 e. The monoisotopic (exact) mass is 442 g/mol. The molecule has 30 heavy (non-hydrogen) atoms. The fourth-order valence-electron chi connectivity index (χ4n) is 2.90. The molecule has 0 bridgehead atoms. The Morgan fingerprint density at radius 2 is 1.77 bits per heavy atom. The number of benzene rings is 2. The van der Waals surface area contributed by atoms with Crippen LogP contribution in [0.25, 0.3) is 17.4 Å². The fourth-order valence-corrected chi connectivity index (χ4v) is 3.22. The number of anilines is 1. The summed E-state index contributed by atoms with van der Waals surface area (Å²) in [4.78, 5) is 36.3. The van der Waals surface area contributed by atoms with Gasteiger partial charge in [-0.15, -0.1) is 0 Å². The molecule has 0 saturated carbocycles. The van der Waals surface area contributed by atoms with Gasteiger partial charge in [-0.25, -0.2) is 9.80 Å². The van der Waals surface area contributed by atoms with Gasteiger partial charge in [-0.2, -0.15) is 0 Å². The third-order valence-corrected chi connectivity index (χ3v) is 4.95. The largest absolute Gasteiger partial charge is 0.478 e. The number of nitrogens with one attached hydrogen (secondary N) is 1. The van der Waals surface area contributed by atoms with E-state index in [9.17, 15) is 19.5 Å². The van der Waals surface area contributed by atoms with Gasteiger partial charge >= 0.3 is 5.97 Å². The van der Waals surface area contributed by atoms with Gasteiger partial charge in [-0.3, -0.25) is 15.0 Å². The van der Waals surface area contributed by atoms with E-state index in [-0.39, 0.29) is 21.8 Å². The summed E-state index contributed by atoms with van der Waals surface area (Å²) < 4.78 is 5.71. The molecule has 2 heterocycles. The van der Waals surface area contributed by atoms with Crippen LogP contribution in [0, 0.1) is 0 Å². The Morgan fingerprint density at radius 3 is 2.47 bits per heavy atom. The van der Waals surface area contributed by atoms with Crippen LogP contribution in [0.3, 0.4) is 0 Å². The quantitative estimate of drug-likeness (QED) is 0.460. The highest BCUT2D eigenvalue weighted by atomic mass is 35.5. The van der Waals surface area contributed by atoms with Crippen LogP contribution in [0.1, 0.15) is 16.1 Å². The molecular weight excluding hydrogens is 431 g/mol. The normalized spacial score (nSPS) is 15.0. The first-order chi connectivity index (χ1) is 14.3. The topological polar surface area (TPSA) is 99.9 Å². The van der Waals surface area contributed by atoms with Crippen molar-refractivity contribution in [2.24, 2.45) is 0 Å². The van der Waals surface area contributed by atoms with Gasteiger partial charge in [0.15, 0.2) is 0 Å². The van der Waals surface area contributed by atoms with Gasteiger partial charge in [0.25, 0.3) is 11.8 Å². The summed E-state index contributed by atoms with van der Waals surface area (Å²) in [6.07, 6.45) is 1.32. The van der Waals surface area contributed by atoms with Crippen molar-refractivity contribution in [2.75, 3.05) is 5.01 Å². The molecule has 1 saturated heterocycles. The lowest BCUT2D eigenvalue weighted by Gasteiger charge is -2.15. The molecule has 0 aliphatic carbocycles. The molecule has 7 nitrogen and oxygen atoms in total. The number of furan rings is 1. The smallest absolute Gasteiger partial charge is 0.337 e. The molecule has 9 heteroatoms. The first-order valence-corrected chi connectivity index (χ1v) is 9.35. The van der Waals surface area contributed by atoms with Crippen molar-refractivity contribution in [1.82, 2.24) is 5.43 Å². The minimum atomic E-state index is -1.25. The van der Waals surface area contributed by atoms with Gasteiger partial charge in [0, 0.05) is 10.6 Å². The number of carboxylic acids is 1. The summed E-state index contributed by atoms with van der Waals surface area (Å²) in [5.41, 5.74) is 3.02. The molecule has 2 amide bonds. The minimum absolute atomic E-state index is 0.0188. The van der Waals surface area contributed by atoms with Crippen molar-refractivity contribution in [3.63, 3.8) is 0 Å². The van der Waals surface area contributed by atoms with Crippen LogP contribution in [0.15, 0.2) is 64.6 Å². The number of carbonyl (C=O) groups is 3. The van der Waals surface area contributed by atoms with Crippen LogP contribution in [0.5, 0.6) is 0 Å². The average Bonchev–Trinajstić information content (AvgIpc) is 3.29. The van der Waals surface area contributed by atoms with E-state index in [4.69, 9.17) is 27.6 Å². The van der Waals surface area contributed by atoms with Gasteiger partial charge in [0.1, 0.15) is 17.1 Å². The van der Waals surface area contributed by atoms with Crippen LogP contribution < -0.4 is 10.4 Å². The maximum atomic E-state index is 12.7. The van der Waals surface area contributed by atoms with Gasteiger partial charge in [0.2, 0.25) is 0 Å². The van der Waals surface area contributed by atoms with E-state index in [1.54, 1.807) is 36.4 Å². The summed E-state index contributed by atoms with van der Waals surface area (Å²) in [5.74, 6) is -1.69. The van der Waals surface area contributed by atoms with Gasteiger partial charge in [0.05, 0.1) is 16.3 Å². The Morgan fingerprint density at radius 1 is 1.03 bits per heavy atom. The molecule has 1 aliphatic heterocycles. The molecule has 0 spiro atoms. The lowest BCUT2D eigenvalue weighted by molar-refractivity contribution is -0.117. The molecule has 2 aromatic carbocycles. The number of aromatic carboxylic acids is 1. The predicted octanol–water partition coefficient (Wildman–Crippen LogP) is 4.41. The number of nitrogens with zero attached hydrogens (tertiary/aromatic N) is 1. The Bertz CT molecular complexity index is 1210. The molecule has 1 aromatic heterocycles. The van der Waals surface area contributed by atoms with Crippen molar-refractivity contribution in [3.8, 4) is 11.3 Å². The first kappa shape index (κ1) is 19.8. The average molecular weight is 443 g/mol. The lowest BCUT2D eigenvalue weighted by atomic mass is 10.1. The van der Waals surface area contributed by atoms with Crippen LogP contribution in [-0.2, 0) is 9.59 Å². The third-order valence-electron chi connectivity index (χ3n) is 4.37. The molecule has 1 fully saturated rings. The highest BCUT2D eigenvalue weighted by Crippen LogP contribution is 2.28. The molecule has 4 rings (SSSR count). The second-order valence-corrected chi connectivity index (χ2v) is 7.16. The first-order valence-electron chi connectivity index (χ1n) is 8.59. The van der Waals surface area contributed by atoms with Crippen LogP contribution in [0.4, 0.5) is 5.69 Å². The van der Waals surface area contributed by atoms with Gasteiger partial charge < -0.3 is 9.52 Å². The number of amides is 2. The molecule has 0 atom stereocenters. The SMILES string of the molecule is O=C1NN(c2ccc(Cl)c(C(=O)O)c2)C(=O)/C1=C\c1ccc(-c2ccc(Cl)cc2)o1. The second-order valence-electron chi connectivity index (χ2n) is 6.32. The van der Waals surface area contributed by atoms with Crippen molar-refractivity contribution in [2.45, 2.75) is 0 Å². The molecule has 3 aromatic rings. The number of rotatable bonds is 4. The Balaban J connectivity index is 1.62. The van der Waals surface area contributed by atoms with Crippen molar-refractivity contribution < 1.29 is 23.9 Å². The number of hydrogen-bond donors (Lipinski definition) is 2. The molecule has 0 radical (unpaired) electrons. The summed E-state index contributed by atoms with van der Waals surface area (Å²) in [6.45, 7) is 0. The number of carbonyl (C=O) groups excluding carboxylic acids is 2. The fraction of sp³-hybridized carbons (Fsp3) is 0. The van der Waals surface area contributed by atoms with Crippen LogP contribution in [0.2, 0.25) is 10.0 Å². The Kier molecular flexibility index (Phi) is 5.07. The standard InChI is InChI=1S/C21H12Cl2N2O5/c22-12-3-1-11(2-4-12)18-8-6-14(30-18)10-16-19(26)24-25(20(16)27)13-5-7-17(23)15(9-13)21(28)29/h1-10H,(H,24,26)(H,28,29)/b16-10-. The van der Waals surface area contributed by atoms with E-state index in [1.165, 1.54) is 24.3 Å². The molecule has 0 unspecified atom stereocenters. The summed E-state index contributed by atoms with van der Waals surface area (Å²) in [7, 11) is 0. The van der Waals surface area contributed by atoms with E-state index >= 15 is 0 Å².